The summed E-state index contributed by atoms with van der Waals surface area (Å²) < 4.78 is 40.1. The molecule has 0 aliphatic heterocycles. The summed E-state index contributed by atoms with van der Waals surface area (Å²) in [4.78, 5) is 19.3. The van der Waals surface area contributed by atoms with Gasteiger partial charge in [-0.3, -0.25) is 9.78 Å². The molecule has 6 nitrogen and oxygen atoms in total. The first-order valence-electron chi connectivity index (χ1n) is 7.58. The molecule has 0 aliphatic rings. The summed E-state index contributed by atoms with van der Waals surface area (Å²) in [6.07, 6.45) is -0.665. The van der Waals surface area contributed by atoms with E-state index in [2.05, 4.69) is 20.0 Å². The number of aromatic nitrogens is 2. The SMILES string of the molecule is CC(C)(C)[NH-].O=C(NCc1cccc(OC(F)(F)F)c1)c1cnccn1. The van der Waals surface area contributed by atoms with Crippen LogP contribution in [0.3, 0.4) is 0 Å². The summed E-state index contributed by atoms with van der Waals surface area (Å²) in [7, 11) is 0. The minimum Gasteiger partial charge on any atom is -0.673 e. The van der Waals surface area contributed by atoms with Gasteiger partial charge in [-0.25, -0.2) is 4.98 Å². The van der Waals surface area contributed by atoms with Crippen molar-refractivity contribution in [3.05, 3.63) is 59.8 Å². The Morgan fingerprint density at radius 3 is 2.42 bits per heavy atom. The molecule has 2 rings (SSSR count). The molecule has 26 heavy (non-hydrogen) atoms. The molecule has 1 aromatic carbocycles. The number of nitrogens with zero attached hydrogens (tertiary/aromatic N) is 2. The van der Waals surface area contributed by atoms with E-state index in [-0.39, 0.29) is 23.5 Å². The van der Waals surface area contributed by atoms with E-state index in [1.165, 1.54) is 36.8 Å². The van der Waals surface area contributed by atoms with Gasteiger partial charge in [0.15, 0.2) is 0 Å². The van der Waals surface area contributed by atoms with Crippen molar-refractivity contribution in [1.29, 1.82) is 0 Å². The molecule has 0 unspecified atom stereocenters. The molecule has 0 saturated carbocycles. The molecule has 0 bridgehead atoms. The number of hydrogen-bond donors (Lipinski definition) is 1. The van der Waals surface area contributed by atoms with Crippen LogP contribution in [0.15, 0.2) is 42.9 Å². The zero-order chi connectivity index (χ0) is 19.8. The highest BCUT2D eigenvalue weighted by molar-refractivity contribution is 5.91. The third-order valence-corrected chi connectivity index (χ3v) is 2.38. The number of halogens is 3. The van der Waals surface area contributed by atoms with Crippen molar-refractivity contribution in [1.82, 2.24) is 15.3 Å². The molecule has 1 heterocycles. The lowest BCUT2D eigenvalue weighted by Gasteiger charge is -2.20. The zero-order valence-corrected chi connectivity index (χ0v) is 14.6. The normalized spacial score (nSPS) is 11.2. The quantitative estimate of drug-likeness (QED) is 0.877. The fourth-order valence-corrected chi connectivity index (χ4v) is 1.54. The standard InChI is InChI=1S/C13H10F3N3O2.C4H10N/c14-13(15,16)21-10-3-1-2-9(6-10)7-19-12(20)11-8-17-4-5-18-11;1-4(2,3)5/h1-6,8H,7H2,(H,19,20);5H,1-3H3/q;-1. The van der Waals surface area contributed by atoms with Gasteiger partial charge in [-0.15, -0.1) is 18.7 Å². The van der Waals surface area contributed by atoms with Crippen LogP contribution < -0.4 is 10.1 Å². The van der Waals surface area contributed by atoms with Gasteiger partial charge in [-0.05, 0) is 17.7 Å². The van der Waals surface area contributed by atoms with Crippen molar-refractivity contribution in [2.75, 3.05) is 0 Å². The minimum atomic E-state index is -4.75. The second-order valence-electron chi connectivity index (χ2n) is 6.22. The molecule has 1 amide bonds. The second-order valence-corrected chi connectivity index (χ2v) is 6.22. The highest BCUT2D eigenvalue weighted by atomic mass is 19.4. The Bertz CT molecular complexity index is 695. The average Bonchev–Trinajstić information content (AvgIpc) is 2.50. The number of ether oxygens (including phenoxy) is 1. The maximum atomic E-state index is 12.1. The molecule has 0 aliphatic carbocycles. The maximum Gasteiger partial charge on any atom is 0.573 e. The number of nitrogens with one attached hydrogen (secondary N) is 2. The number of benzene rings is 1. The van der Waals surface area contributed by atoms with Crippen LogP contribution in [0.4, 0.5) is 13.2 Å². The van der Waals surface area contributed by atoms with Crippen LogP contribution in [-0.4, -0.2) is 27.8 Å². The van der Waals surface area contributed by atoms with E-state index in [1.807, 2.05) is 20.8 Å². The highest BCUT2D eigenvalue weighted by Gasteiger charge is 2.31. The third kappa shape index (κ3) is 10.2. The first-order chi connectivity index (χ1) is 11.9. The zero-order valence-electron chi connectivity index (χ0n) is 14.6. The van der Waals surface area contributed by atoms with E-state index in [4.69, 9.17) is 5.73 Å². The Morgan fingerprint density at radius 1 is 1.23 bits per heavy atom. The van der Waals surface area contributed by atoms with Crippen molar-refractivity contribution < 1.29 is 22.7 Å². The average molecular weight is 369 g/mol. The van der Waals surface area contributed by atoms with Crippen molar-refractivity contribution in [3.8, 4) is 5.75 Å². The molecule has 0 radical (unpaired) electrons. The lowest BCUT2D eigenvalue weighted by molar-refractivity contribution is -0.274. The van der Waals surface area contributed by atoms with Gasteiger partial charge in [0.05, 0.1) is 6.20 Å². The fourth-order valence-electron chi connectivity index (χ4n) is 1.54. The van der Waals surface area contributed by atoms with Crippen LogP contribution in [0, 0.1) is 0 Å². The van der Waals surface area contributed by atoms with E-state index >= 15 is 0 Å². The van der Waals surface area contributed by atoms with E-state index in [1.54, 1.807) is 6.07 Å². The predicted molar refractivity (Wildman–Crippen MR) is 90.4 cm³/mol. The topological polar surface area (TPSA) is 87.9 Å². The van der Waals surface area contributed by atoms with Crippen LogP contribution in [0.25, 0.3) is 5.73 Å². The van der Waals surface area contributed by atoms with Gasteiger partial charge in [-0.1, -0.05) is 32.9 Å². The van der Waals surface area contributed by atoms with Gasteiger partial charge in [0.2, 0.25) is 0 Å². The molecule has 2 aromatic rings. The summed E-state index contributed by atoms with van der Waals surface area (Å²) >= 11 is 0. The van der Waals surface area contributed by atoms with E-state index in [0.29, 0.717) is 5.56 Å². The Balaban J connectivity index is 0.000000597. The number of carbonyl (C=O) groups is 1. The summed E-state index contributed by atoms with van der Waals surface area (Å²) in [6, 6.07) is 5.36. The van der Waals surface area contributed by atoms with Crippen molar-refractivity contribution in [2.24, 2.45) is 0 Å². The molecule has 142 valence electrons. The Labute approximate surface area is 149 Å². The first kappa shape index (κ1) is 21.4. The lowest BCUT2D eigenvalue weighted by Crippen LogP contribution is -2.24. The molecule has 0 spiro atoms. The summed E-state index contributed by atoms with van der Waals surface area (Å²) in [6.45, 7) is 5.61. The minimum absolute atomic E-state index is 0.0461. The van der Waals surface area contributed by atoms with Crippen LogP contribution in [0.5, 0.6) is 5.75 Å². The number of alkyl halides is 3. The Kier molecular flexibility index (Phi) is 7.51. The van der Waals surface area contributed by atoms with Gasteiger partial charge in [0, 0.05) is 18.9 Å². The van der Waals surface area contributed by atoms with Crippen molar-refractivity contribution >= 4 is 5.91 Å². The lowest BCUT2D eigenvalue weighted by atomic mass is 10.1. The Hall–Kier alpha value is -2.68. The van der Waals surface area contributed by atoms with Crippen LogP contribution >= 0.6 is 0 Å². The van der Waals surface area contributed by atoms with Crippen LogP contribution in [0.1, 0.15) is 36.8 Å². The summed E-state index contributed by atoms with van der Waals surface area (Å²) in [5, 5.41) is 2.53. The predicted octanol–water partition coefficient (Wildman–Crippen LogP) is 4.14. The van der Waals surface area contributed by atoms with E-state index in [0.717, 1.165) is 0 Å². The molecule has 2 N–H and O–H groups in total. The molecule has 0 saturated heterocycles. The molecule has 0 atom stereocenters. The molecule has 0 fully saturated rings. The van der Waals surface area contributed by atoms with Gasteiger partial charge in [-0.2, -0.15) is 0 Å². The van der Waals surface area contributed by atoms with E-state index < -0.39 is 12.3 Å². The van der Waals surface area contributed by atoms with Gasteiger partial charge in [0.25, 0.3) is 5.91 Å². The monoisotopic (exact) mass is 369 g/mol. The maximum absolute atomic E-state index is 12.1. The van der Waals surface area contributed by atoms with E-state index in [9.17, 15) is 18.0 Å². The van der Waals surface area contributed by atoms with Gasteiger partial charge in [0.1, 0.15) is 11.4 Å². The summed E-state index contributed by atoms with van der Waals surface area (Å²) in [5.74, 6) is -0.806. The number of amides is 1. The van der Waals surface area contributed by atoms with Gasteiger partial charge >= 0.3 is 6.36 Å². The number of rotatable bonds is 4. The van der Waals surface area contributed by atoms with Crippen LogP contribution in [-0.2, 0) is 6.54 Å². The van der Waals surface area contributed by atoms with Crippen LogP contribution in [0.2, 0.25) is 0 Å². The van der Waals surface area contributed by atoms with Crippen molar-refractivity contribution in [2.45, 2.75) is 39.2 Å². The Morgan fingerprint density at radius 2 is 1.88 bits per heavy atom. The van der Waals surface area contributed by atoms with Gasteiger partial charge < -0.3 is 15.8 Å². The second kappa shape index (κ2) is 9.14. The fraction of sp³-hybridized carbons (Fsp3) is 0.353. The molecular formula is C17H20F3N4O2-. The molecular weight excluding hydrogens is 349 g/mol. The molecule has 1 aromatic heterocycles. The largest absolute Gasteiger partial charge is 0.673 e. The number of hydrogen-bond acceptors (Lipinski definition) is 4. The van der Waals surface area contributed by atoms with Crippen molar-refractivity contribution in [3.63, 3.8) is 0 Å². The highest BCUT2D eigenvalue weighted by Crippen LogP contribution is 2.23. The third-order valence-electron chi connectivity index (χ3n) is 2.38. The first-order valence-corrected chi connectivity index (χ1v) is 7.58. The summed E-state index contributed by atoms with van der Waals surface area (Å²) in [5.41, 5.74) is 7.28. The number of carbonyl (C=O) groups excluding carboxylic acids is 1. The smallest absolute Gasteiger partial charge is 0.573 e. The molecule has 9 heteroatoms.